The summed E-state index contributed by atoms with van der Waals surface area (Å²) in [5.41, 5.74) is 0. The molecule has 0 spiro atoms. The van der Waals surface area contributed by atoms with E-state index in [2.05, 4.69) is 0 Å². The summed E-state index contributed by atoms with van der Waals surface area (Å²) in [6.07, 6.45) is 0. The molecule has 56 valence electrons. The van der Waals surface area contributed by atoms with Crippen molar-refractivity contribution in [2.75, 3.05) is 0 Å². The Morgan fingerprint density at radius 1 is 0.909 bits per heavy atom. The molecule has 0 aliphatic heterocycles. The van der Waals surface area contributed by atoms with E-state index in [0.717, 1.165) is 0 Å². The maximum absolute atomic E-state index is 8.58. The molecule has 0 fully saturated rings. The van der Waals surface area contributed by atoms with E-state index in [9.17, 15) is 0 Å². The molecule has 0 saturated heterocycles. The van der Waals surface area contributed by atoms with E-state index in [1.165, 1.54) is 0 Å². The summed E-state index contributed by atoms with van der Waals surface area (Å²) in [4.78, 5) is 0. The zero-order valence-corrected chi connectivity index (χ0v) is 17.6. The number of hydrogen-bond acceptors (Lipinski definition) is 6. The predicted molar refractivity (Wildman–Crippen MR) is 17.3 cm³/mol. The quantitative estimate of drug-likeness (QED) is 0.330. The molecule has 11 heavy (non-hydrogen) atoms. The van der Waals surface area contributed by atoms with Gasteiger partial charge in [-0.2, -0.15) is 0 Å². The zero-order valence-electron chi connectivity index (χ0n) is 9.36. The average molecular weight is 464 g/mol. The van der Waals surface area contributed by atoms with Crippen LogP contribution >= 0.6 is 0 Å². The van der Waals surface area contributed by atoms with E-state index in [1.807, 2.05) is 0 Å². The van der Waals surface area contributed by atoms with Crippen molar-refractivity contribution in [3.63, 3.8) is 0 Å². The second-order valence-corrected chi connectivity index (χ2v) is 2.06. The van der Waals surface area contributed by atoms with Crippen LogP contribution in [0.2, 0.25) is 0 Å². The van der Waals surface area contributed by atoms with Gasteiger partial charge in [-0.05, 0) is 0 Å². The summed E-state index contributed by atoms with van der Waals surface area (Å²) < 4.78 is 51.5. The summed E-state index contributed by atoms with van der Waals surface area (Å²) >= 11 is -8.17. The second-order valence-electron chi connectivity index (χ2n) is 0.500. The average Bonchev–Trinajstić information content (AvgIpc) is 1.25. The van der Waals surface area contributed by atoms with E-state index >= 15 is 0 Å². The molecule has 0 unspecified atom stereocenters. The minimum atomic E-state index is -4.08. The van der Waals surface area contributed by atoms with Crippen LogP contribution in [0.15, 0.2) is 0 Å². The molecule has 6 nitrogen and oxygen atoms in total. The summed E-state index contributed by atoms with van der Waals surface area (Å²) in [6.45, 7) is 0. The van der Waals surface area contributed by atoms with Gasteiger partial charge in [-0.1, -0.05) is 0 Å². The minimum Gasteiger partial charge on any atom is 4.00 e. The fraction of sp³-hybridized carbons (Fsp3) is 0. The predicted octanol–water partition coefficient (Wildman–Crippen LogP) is -5.31. The van der Waals surface area contributed by atoms with E-state index in [4.69, 9.17) is 21.4 Å². The van der Waals surface area contributed by atoms with Gasteiger partial charge in [-0.25, -0.2) is 0 Å². The molecule has 0 heterocycles. The molecule has 0 N–H and O–H groups in total. The summed E-state index contributed by atoms with van der Waals surface area (Å²) in [5.74, 6) is 0. The monoisotopic (exact) mass is 464 g/mol. The van der Waals surface area contributed by atoms with Gasteiger partial charge in [0.2, 0.25) is 0 Å². The van der Waals surface area contributed by atoms with E-state index in [1.54, 1.807) is 0 Å². The first-order chi connectivity index (χ1) is 3.46. The Hall–Kier alpha value is 4.58. The normalized spacial score (nSPS) is 4.73. The van der Waals surface area contributed by atoms with Crippen LogP contribution in [0.3, 0.4) is 0 Å². The van der Waals surface area contributed by atoms with Crippen LogP contribution in [-0.2, 0) is 70.1 Å². The first-order valence-corrected chi connectivity index (χ1v) is 5.05. The second kappa shape index (κ2) is 24.0. The van der Waals surface area contributed by atoms with Crippen molar-refractivity contribution in [1.29, 1.82) is 0 Å². The number of rotatable bonds is 0. The molecule has 0 amide bonds. The Morgan fingerprint density at radius 3 is 0.909 bits per heavy atom. The molecule has 0 radical (unpaired) electrons. The van der Waals surface area contributed by atoms with Crippen molar-refractivity contribution in [3.05, 3.63) is 0 Å². The zero-order chi connectivity index (χ0) is 7.15. The van der Waals surface area contributed by atoms with E-state index < -0.39 is 37.2 Å². The first kappa shape index (κ1) is 29.6. The van der Waals surface area contributed by atoms with E-state index in [0.29, 0.717) is 0 Å². The molecule has 0 atom stereocenters. The van der Waals surface area contributed by atoms with Crippen LogP contribution in [0.1, 0.15) is 5.71 Å². The van der Waals surface area contributed by atoms with Crippen molar-refractivity contribution >= 4 is 86.6 Å². The molecule has 11 heteroatoms. The topological polar surface area (TPSA) is 126 Å². The smallest absolute Gasteiger partial charge is 4.00 e. The van der Waals surface area contributed by atoms with Crippen molar-refractivity contribution in [2.45, 2.75) is 0 Å². The van der Waals surface area contributed by atoms with Gasteiger partial charge in [0.05, 0.1) is 0 Å². The summed E-state index contributed by atoms with van der Waals surface area (Å²) in [6, 6.07) is 0. The van der Waals surface area contributed by atoms with Gasteiger partial charge in [-0.3, -0.25) is 0 Å². The molecule has 0 aromatic rings. The van der Waals surface area contributed by atoms with Gasteiger partial charge in [0.15, 0.2) is 0 Å². The van der Waals surface area contributed by atoms with Crippen LogP contribution < -0.4 is 14.8 Å². The summed E-state index contributed by atoms with van der Waals surface area (Å²) in [7, 11) is 0. The molecule has 0 aromatic carbocycles. The standard InChI is InChI=1S/Ba.Ca.6O.2Ti.Zr.4H/q2*+2;;;4*-1;;;+4;4*-1. The molecular formula is H4BaCaO6Ti2Zr. The minimum absolute atomic E-state index is 0. The van der Waals surface area contributed by atoms with Crippen molar-refractivity contribution < 1.29 is 90.5 Å². The van der Waals surface area contributed by atoms with Crippen LogP contribution in [0.25, 0.3) is 0 Å². The molecular weight excluding hydrogens is 460 g/mol. The van der Waals surface area contributed by atoms with Crippen molar-refractivity contribution in [2.24, 2.45) is 0 Å². The third-order valence-electron chi connectivity index (χ3n) is 0. The fourth-order valence-electron chi connectivity index (χ4n) is 0. The Kier molecular flexibility index (Phi) is 64.6. The van der Waals surface area contributed by atoms with Gasteiger partial charge >= 0.3 is 171 Å². The Morgan fingerprint density at radius 2 is 0.909 bits per heavy atom. The van der Waals surface area contributed by atoms with Crippen LogP contribution in [0, 0.1) is 0 Å². The Labute approximate surface area is 172 Å². The molecule has 0 aromatic heterocycles. The number of hydrogen-bond donors (Lipinski definition) is 0. The Balaban J connectivity index is -0.00000000468. The van der Waals surface area contributed by atoms with Gasteiger partial charge in [0.1, 0.15) is 0 Å². The fourth-order valence-corrected chi connectivity index (χ4v) is 0. The van der Waals surface area contributed by atoms with Crippen molar-refractivity contribution in [3.8, 4) is 0 Å². The molecule has 0 saturated carbocycles. The largest absolute Gasteiger partial charge is 4.00 e. The molecule has 0 rings (SSSR count). The Bertz CT molecular complexity index is 91.1. The summed E-state index contributed by atoms with van der Waals surface area (Å²) in [5, 5.41) is 0. The van der Waals surface area contributed by atoms with E-state index in [-0.39, 0.29) is 119 Å². The first-order valence-electron chi connectivity index (χ1n) is 1.22. The van der Waals surface area contributed by atoms with Gasteiger partial charge in [0, 0.05) is 0 Å². The van der Waals surface area contributed by atoms with Crippen LogP contribution in [0.5, 0.6) is 0 Å². The third-order valence-corrected chi connectivity index (χ3v) is 0. The van der Waals surface area contributed by atoms with Gasteiger partial charge in [-0.15, -0.1) is 0 Å². The van der Waals surface area contributed by atoms with Crippen LogP contribution in [0.4, 0.5) is 0 Å². The van der Waals surface area contributed by atoms with Crippen molar-refractivity contribution in [1.82, 2.24) is 0 Å². The maximum Gasteiger partial charge on any atom is 4.00 e. The maximum atomic E-state index is 8.58. The molecule has 0 aliphatic rings. The third kappa shape index (κ3) is 110. The molecule has 0 bridgehead atoms. The SMILES string of the molecule is [Ba+2].[Ca+2].[H-].[H-].[H-].[H-].[O]=[Ti]([O-])[O-].[O]=[Ti]([O-])[O-].[Zr+4]. The van der Waals surface area contributed by atoms with Gasteiger partial charge < -0.3 is 5.71 Å². The van der Waals surface area contributed by atoms with Crippen LogP contribution in [-0.4, -0.2) is 86.6 Å². The van der Waals surface area contributed by atoms with Gasteiger partial charge in [0.25, 0.3) is 0 Å². The molecule has 0 aliphatic carbocycles.